The zero-order valence-corrected chi connectivity index (χ0v) is 16.6. The molecule has 0 saturated carbocycles. The number of hydrogen-bond donors (Lipinski definition) is 0. The summed E-state index contributed by atoms with van der Waals surface area (Å²) in [5, 5.41) is 3.00. The summed E-state index contributed by atoms with van der Waals surface area (Å²) in [6, 6.07) is 9.31. The summed E-state index contributed by atoms with van der Waals surface area (Å²) in [6.45, 7) is 0. The predicted molar refractivity (Wildman–Crippen MR) is 99.8 cm³/mol. The van der Waals surface area contributed by atoms with Crippen molar-refractivity contribution in [2.45, 2.75) is 18.3 Å². The van der Waals surface area contributed by atoms with Crippen molar-refractivity contribution in [3.63, 3.8) is 0 Å². The molecule has 158 valence electrons. The minimum atomic E-state index is -4.62. The van der Waals surface area contributed by atoms with E-state index in [0.29, 0.717) is 12.3 Å². The first kappa shape index (κ1) is 20.6. The van der Waals surface area contributed by atoms with E-state index in [4.69, 9.17) is 16.4 Å². The van der Waals surface area contributed by atoms with Gasteiger partial charge in [0.15, 0.2) is 11.9 Å². The molecular formula is C19H16ClF3N4O3. The van der Waals surface area contributed by atoms with E-state index in [-0.39, 0.29) is 10.8 Å². The molecule has 3 atom stereocenters. The summed E-state index contributed by atoms with van der Waals surface area (Å²) in [6.07, 6.45) is -5.07. The SMILES string of the molecule is CN1O[C@@H]2C(=O)N(N(C)c3ncc(C(F)(F)F)cc3Cl)C(=O)[C@@H]2[C@H]1c1ccccc1. The molecule has 0 bridgehead atoms. The van der Waals surface area contributed by atoms with Gasteiger partial charge >= 0.3 is 6.18 Å². The number of amides is 2. The summed E-state index contributed by atoms with van der Waals surface area (Å²) < 4.78 is 38.6. The van der Waals surface area contributed by atoms with E-state index in [0.717, 1.165) is 15.6 Å². The number of fused-ring (bicyclic) bond motifs is 1. The highest BCUT2D eigenvalue weighted by Gasteiger charge is 2.60. The fourth-order valence-corrected chi connectivity index (χ4v) is 4.11. The van der Waals surface area contributed by atoms with E-state index >= 15 is 0 Å². The molecule has 4 rings (SSSR count). The molecule has 2 aliphatic heterocycles. The number of pyridine rings is 1. The normalized spacial score (nSPS) is 24.5. The molecule has 30 heavy (non-hydrogen) atoms. The second-order valence-corrected chi connectivity index (χ2v) is 7.40. The third-order valence-electron chi connectivity index (χ3n) is 5.18. The van der Waals surface area contributed by atoms with Crippen LogP contribution in [0.5, 0.6) is 0 Å². The van der Waals surface area contributed by atoms with E-state index < -0.39 is 41.6 Å². The topological polar surface area (TPSA) is 66.0 Å². The zero-order chi connectivity index (χ0) is 21.8. The smallest absolute Gasteiger partial charge is 0.284 e. The van der Waals surface area contributed by atoms with Gasteiger partial charge in [-0.3, -0.25) is 19.4 Å². The molecule has 0 radical (unpaired) electrons. The lowest BCUT2D eigenvalue weighted by Gasteiger charge is -2.30. The number of carbonyl (C=O) groups excluding carboxylic acids is 2. The largest absolute Gasteiger partial charge is 0.417 e. The third kappa shape index (κ3) is 3.21. The zero-order valence-electron chi connectivity index (χ0n) is 15.8. The summed E-state index contributed by atoms with van der Waals surface area (Å²) in [4.78, 5) is 35.5. The van der Waals surface area contributed by atoms with Crippen LogP contribution in [0, 0.1) is 5.92 Å². The van der Waals surface area contributed by atoms with Crippen LogP contribution in [0.1, 0.15) is 17.2 Å². The molecule has 2 fully saturated rings. The van der Waals surface area contributed by atoms with E-state index in [1.807, 2.05) is 30.3 Å². The second kappa shape index (κ2) is 7.22. The van der Waals surface area contributed by atoms with Crippen LogP contribution in [-0.2, 0) is 20.6 Å². The van der Waals surface area contributed by atoms with E-state index in [1.54, 1.807) is 7.05 Å². The minimum absolute atomic E-state index is 0.157. The van der Waals surface area contributed by atoms with Crippen molar-refractivity contribution in [3.8, 4) is 0 Å². The maximum atomic E-state index is 13.2. The van der Waals surface area contributed by atoms with Gasteiger partial charge in [0.2, 0.25) is 0 Å². The first-order valence-electron chi connectivity index (χ1n) is 8.90. The van der Waals surface area contributed by atoms with Gasteiger partial charge in [-0.2, -0.15) is 23.2 Å². The number of rotatable bonds is 3. The molecule has 7 nitrogen and oxygen atoms in total. The highest BCUT2D eigenvalue weighted by atomic mass is 35.5. The number of imide groups is 1. The number of anilines is 1. The molecule has 0 spiro atoms. The van der Waals surface area contributed by atoms with Gasteiger partial charge in [0.25, 0.3) is 11.8 Å². The van der Waals surface area contributed by atoms with Crippen LogP contribution in [0.25, 0.3) is 0 Å². The van der Waals surface area contributed by atoms with Gasteiger partial charge in [-0.05, 0) is 11.6 Å². The Hall–Kier alpha value is -2.69. The number of aromatic nitrogens is 1. The average Bonchev–Trinajstić information content (AvgIpc) is 3.15. The quantitative estimate of drug-likeness (QED) is 0.683. The monoisotopic (exact) mass is 440 g/mol. The van der Waals surface area contributed by atoms with Crippen molar-refractivity contribution in [3.05, 3.63) is 58.7 Å². The molecule has 2 saturated heterocycles. The Morgan fingerprint density at radius 3 is 2.43 bits per heavy atom. The molecule has 0 aliphatic carbocycles. The molecule has 2 aromatic rings. The molecular weight excluding hydrogens is 425 g/mol. The Balaban J connectivity index is 1.66. The number of alkyl halides is 3. The maximum absolute atomic E-state index is 13.2. The van der Waals surface area contributed by atoms with Gasteiger partial charge in [-0.25, -0.2) is 4.98 Å². The number of nitrogens with zero attached hydrogens (tertiary/aromatic N) is 4. The highest BCUT2D eigenvalue weighted by molar-refractivity contribution is 6.33. The van der Waals surface area contributed by atoms with Crippen molar-refractivity contribution >= 4 is 29.2 Å². The number of hydroxylamine groups is 2. The van der Waals surface area contributed by atoms with Gasteiger partial charge in [0.05, 0.1) is 22.5 Å². The van der Waals surface area contributed by atoms with Crippen LogP contribution >= 0.6 is 11.6 Å². The number of benzene rings is 1. The fraction of sp³-hybridized carbons (Fsp3) is 0.316. The summed E-state index contributed by atoms with van der Waals surface area (Å²) in [5.41, 5.74) is -0.237. The van der Waals surface area contributed by atoms with Crippen molar-refractivity contribution in [2.75, 3.05) is 19.1 Å². The van der Waals surface area contributed by atoms with Crippen LogP contribution in [-0.4, -0.2) is 47.1 Å². The Labute approximate surface area is 174 Å². The standard InChI is InChI=1S/C19H16ClF3N4O3/c1-25(16-12(20)8-11(9-24-16)19(21,22)23)27-17(28)13-14(10-6-4-3-5-7-10)26(2)30-15(13)18(27)29/h3-9,13-15H,1-2H3/t13-,14-,15+/m1/s1. The molecule has 0 unspecified atom stereocenters. The van der Waals surface area contributed by atoms with Gasteiger partial charge in [-0.1, -0.05) is 41.9 Å². The maximum Gasteiger partial charge on any atom is 0.417 e. The van der Waals surface area contributed by atoms with E-state index in [1.165, 1.54) is 12.1 Å². The van der Waals surface area contributed by atoms with Crippen LogP contribution in [0.2, 0.25) is 5.02 Å². The van der Waals surface area contributed by atoms with Crippen molar-refractivity contribution in [1.29, 1.82) is 0 Å². The molecule has 2 amide bonds. The Morgan fingerprint density at radius 2 is 1.83 bits per heavy atom. The number of halogens is 4. The lowest BCUT2D eigenvalue weighted by atomic mass is 9.91. The third-order valence-corrected chi connectivity index (χ3v) is 5.46. The summed E-state index contributed by atoms with van der Waals surface area (Å²) >= 11 is 5.98. The van der Waals surface area contributed by atoms with Crippen molar-refractivity contribution in [2.24, 2.45) is 5.92 Å². The highest BCUT2D eigenvalue weighted by Crippen LogP contribution is 2.44. The lowest BCUT2D eigenvalue weighted by molar-refractivity contribution is -0.170. The number of hydrogen-bond acceptors (Lipinski definition) is 6. The predicted octanol–water partition coefficient (Wildman–Crippen LogP) is 3.08. The van der Waals surface area contributed by atoms with Crippen LogP contribution in [0.4, 0.5) is 19.0 Å². The second-order valence-electron chi connectivity index (χ2n) is 6.99. The Morgan fingerprint density at radius 1 is 1.17 bits per heavy atom. The molecule has 2 aliphatic rings. The Kier molecular flexibility index (Phi) is 4.95. The molecule has 3 heterocycles. The van der Waals surface area contributed by atoms with E-state index in [2.05, 4.69) is 4.98 Å². The summed E-state index contributed by atoms with van der Waals surface area (Å²) in [7, 11) is 2.97. The first-order chi connectivity index (χ1) is 14.1. The van der Waals surface area contributed by atoms with Gasteiger partial charge in [0, 0.05) is 20.3 Å². The molecule has 0 N–H and O–H groups in total. The lowest BCUT2D eigenvalue weighted by Crippen LogP contribution is -2.47. The average molecular weight is 441 g/mol. The van der Waals surface area contributed by atoms with Gasteiger partial charge in [-0.15, -0.1) is 0 Å². The van der Waals surface area contributed by atoms with Crippen LogP contribution < -0.4 is 5.01 Å². The van der Waals surface area contributed by atoms with Gasteiger partial charge < -0.3 is 0 Å². The number of carbonyl (C=O) groups is 2. The first-order valence-corrected chi connectivity index (χ1v) is 9.28. The number of hydrazine groups is 1. The molecule has 11 heteroatoms. The Bertz CT molecular complexity index is 1000. The van der Waals surface area contributed by atoms with Crippen molar-refractivity contribution in [1.82, 2.24) is 15.1 Å². The van der Waals surface area contributed by atoms with Crippen LogP contribution in [0.15, 0.2) is 42.6 Å². The van der Waals surface area contributed by atoms with Crippen LogP contribution in [0.3, 0.4) is 0 Å². The van der Waals surface area contributed by atoms with Crippen molar-refractivity contribution < 1.29 is 27.6 Å². The fourth-order valence-electron chi connectivity index (χ4n) is 3.82. The minimum Gasteiger partial charge on any atom is -0.284 e. The van der Waals surface area contributed by atoms with Gasteiger partial charge in [0.1, 0.15) is 0 Å². The summed E-state index contributed by atoms with van der Waals surface area (Å²) in [5.74, 6) is -2.17. The van der Waals surface area contributed by atoms with E-state index in [9.17, 15) is 22.8 Å². The molecule has 1 aromatic carbocycles. The molecule has 1 aromatic heterocycles.